The van der Waals surface area contributed by atoms with Crippen molar-refractivity contribution in [1.82, 2.24) is 0 Å². The van der Waals surface area contributed by atoms with Gasteiger partial charge in [0.2, 0.25) is 0 Å². The molecule has 0 amide bonds. The SMILES string of the molecule is CCCC(CC1CC(=O)c2c(C)ccc(-c3ccc(C(=O)OC)cc3)c2C1)C(CC)C(=O)CC(C)=O. The molecule has 5 heteroatoms. The van der Waals surface area contributed by atoms with Gasteiger partial charge in [-0.15, -0.1) is 0 Å². The van der Waals surface area contributed by atoms with Gasteiger partial charge in [-0.3, -0.25) is 14.4 Å². The molecule has 0 aromatic heterocycles. The molecule has 0 fully saturated rings. The molecule has 2 aromatic rings. The van der Waals surface area contributed by atoms with Gasteiger partial charge in [0, 0.05) is 17.9 Å². The minimum absolute atomic E-state index is 0.00390. The normalized spacial score (nSPS) is 16.7. The maximum atomic E-state index is 13.4. The maximum absolute atomic E-state index is 13.4. The number of ether oxygens (including phenoxy) is 1. The molecule has 2 aromatic carbocycles. The molecular formula is C31H38O5. The van der Waals surface area contributed by atoms with E-state index in [0.29, 0.717) is 18.4 Å². The number of benzene rings is 2. The topological polar surface area (TPSA) is 77.5 Å². The van der Waals surface area contributed by atoms with E-state index >= 15 is 0 Å². The molecular weight excluding hydrogens is 452 g/mol. The third-order valence-corrected chi connectivity index (χ3v) is 7.53. The standard InChI is InChI=1S/C31H38O5/c1-6-8-24(25(7-2)28(33)15-20(4)32)16-21-17-27-26(14-9-19(3)30(27)29(34)18-21)22-10-12-23(13-11-22)31(35)36-5/h9-14,21,24-25H,6-8,15-18H2,1-5H3. The largest absolute Gasteiger partial charge is 0.465 e. The molecule has 0 N–H and O–H groups in total. The monoisotopic (exact) mass is 490 g/mol. The van der Waals surface area contributed by atoms with Crippen molar-refractivity contribution in [3.8, 4) is 11.1 Å². The Hall–Kier alpha value is -3.08. The summed E-state index contributed by atoms with van der Waals surface area (Å²) in [5, 5.41) is 0. The fraction of sp³-hybridized carbons (Fsp3) is 0.484. The van der Waals surface area contributed by atoms with Crippen LogP contribution in [0.1, 0.15) is 91.1 Å². The van der Waals surface area contributed by atoms with Gasteiger partial charge in [-0.2, -0.15) is 0 Å². The molecule has 0 heterocycles. The number of aryl methyl sites for hydroxylation is 1. The molecule has 192 valence electrons. The summed E-state index contributed by atoms with van der Waals surface area (Å²) in [4.78, 5) is 49.7. The summed E-state index contributed by atoms with van der Waals surface area (Å²) in [5.74, 6) is -0.107. The van der Waals surface area contributed by atoms with Gasteiger partial charge in [0.05, 0.1) is 19.1 Å². The highest BCUT2D eigenvalue weighted by molar-refractivity contribution is 6.02. The average molecular weight is 491 g/mol. The van der Waals surface area contributed by atoms with Gasteiger partial charge in [0.25, 0.3) is 0 Å². The summed E-state index contributed by atoms with van der Waals surface area (Å²) in [5.41, 5.74) is 5.31. The molecule has 0 saturated heterocycles. The van der Waals surface area contributed by atoms with E-state index in [9.17, 15) is 19.2 Å². The summed E-state index contributed by atoms with van der Waals surface area (Å²) in [6, 6.07) is 11.4. The lowest BCUT2D eigenvalue weighted by molar-refractivity contribution is -0.129. The summed E-state index contributed by atoms with van der Waals surface area (Å²) < 4.78 is 4.81. The predicted octanol–water partition coefficient (Wildman–Crippen LogP) is 6.57. The summed E-state index contributed by atoms with van der Waals surface area (Å²) in [7, 11) is 1.36. The third kappa shape index (κ3) is 6.18. The summed E-state index contributed by atoms with van der Waals surface area (Å²) in [6.45, 7) is 7.59. The van der Waals surface area contributed by atoms with Crippen LogP contribution in [0.5, 0.6) is 0 Å². The number of esters is 1. The number of carbonyl (C=O) groups excluding carboxylic acids is 4. The minimum Gasteiger partial charge on any atom is -0.465 e. The zero-order valence-electron chi connectivity index (χ0n) is 22.2. The minimum atomic E-state index is -0.380. The Morgan fingerprint density at radius 3 is 2.31 bits per heavy atom. The van der Waals surface area contributed by atoms with E-state index in [1.165, 1.54) is 14.0 Å². The van der Waals surface area contributed by atoms with Gasteiger partial charge in [-0.25, -0.2) is 4.79 Å². The van der Waals surface area contributed by atoms with E-state index in [1.807, 2.05) is 32.0 Å². The molecule has 1 aliphatic carbocycles. The van der Waals surface area contributed by atoms with Gasteiger partial charge in [-0.1, -0.05) is 51.0 Å². The van der Waals surface area contributed by atoms with Gasteiger partial charge >= 0.3 is 5.97 Å². The quantitative estimate of drug-likeness (QED) is 0.263. The molecule has 1 aliphatic rings. The van der Waals surface area contributed by atoms with Crippen molar-refractivity contribution in [2.45, 2.75) is 72.6 Å². The Labute approximate surface area is 214 Å². The second kappa shape index (κ2) is 12.2. The number of rotatable bonds is 11. The first kappa shape index (κ1) is 27.5. The van der Waals surface area contributed by atoms with Crippen LogP contribution in [0.4, 0.5) is 0 Å². The van der Waals surface area contributed by atoms with Crippen LogP contribution in [0, 0.1) is 24.7 Å². The van der Waals surface area contributed by atoms with Crippen molar-refractivity contribution in [2.75, 3.05) is 7.11 Å². The van der Waals surface area contributed by atoms with Crippen molar-refractivity contribution in [2.24, 2.45) is 17.8 Å². The Morgan fingerprint density at radius 2 is 1.72 bits per heavy atom. The maximum Gasteiger partial charge on any atom is 0.337 e. The number of hydrogen-bond donors (Lipinski definition) is 0. The molecule has 3 rings (SSSR count). The fourth-order valence-electron chi connectivity index (χ4n) is 5.91. The number of ketones is 3. The first-order valence-electron chi connectivity index (χ1n) is 13.1. The van der Waals surface area contributed by atoms with E-state index in [4.69, 9.17) is 4.74 Å². The number of carbonyl (C=O) groups is 4. The Kier molecular flexibility index (Phi) is 9.36. The first-order chi connectivity index (χ1) is 17.2. The molecule has 36 heavy (non-hydrogen) atoms. The van der Waals surface area contributed by atoms with E-state index < -0.39 is 0 Å². The lowest BCUT2D eigenvalue weighted by atomic mass is 9.71. The average Bonchev–Trinajstić information content (AvgIpc) is 2.84. The third-order valence-electron chi connectivity index (χ3n) is 7.53. The van der Waals surface area contributed by atoms with Crippen molar-refractivity contribution in [1.29, 1.82) is 0 Å². The molecule has 0 bridgehead atoms. The van der Waals surface area contributed by atoms with Crippen LogP contribution in [0.15, 0.2) is 36.4 Å². The zero-order valence-corrected chi connectivity index (χ0v) is 22.2. The lowest BCUT2D eigenvalue weighted by Gasteiger charge is -2.32. The van der Waals surface area contributed by atoms with Crippen LogP contribution >= 0.6 is 0 Å². The number of methoxy groups -OCH3 is 1. The fourth-order valence-corrected chi connectivity index (χ4v) is 5.91. The first-order valence-corrected chi connectivity index (χ1v) is 13.1. The van der Waals surface area contributed by atoms with Crippen molar-refractivity contribution in [3.05, 3.63) is 58.7 Å². The van der Waals surface area contributed by atoms with Crippen LogP contribution in [0.25, 0.3) is 11.1 Å². The Morgan fingerprint density at radius 1 is 1.03 bits per heavy atom. The highest BCUT2D eigenvalue weighted by Gasteiger charge is 2.34. The van der Waals surface area contributed by atoms with Crippen LogP contribution < -0.4 is 0 Å². The second-order valence-electron chi connectivity index (χ2n) is 10.2. The number of fused-ring (bicyclic) bond motifs is 1. The highest BCUT2D eigenvalue weighted by atomic mass is 16.5. The Balaban J connectivity index is 1.92. The number of hydrogen-bond acceptors (Lipinski definition) is 5. The van der Waals surface area contributed by atoms with E-state index in [-0.39, 0.29) is 47.5 Å². The van der Waals surface area contributed by atoms with Crippen LogP contribution in [-0.4, -0.2) is 30.4 Å². The predicted molar refractivity (Wildman–Crippen MR) is 141 cm³/mol. The molecule has 3 unspecified atom stereocenters. The van der Waals surface area contributed by atoms with E-state index in [0.717, 1.165) is 53.5 Å². The van der Waals surface area contributed by atoms with E-state index in [2.05, 4.69) is 13.0 Å². The van der Waals surface area contributed by atoms with Gasteiger partial charge in [0.1, 0.15) is 11.6 Å². The zero-order chi connectivity index (χ0) is 26.4. The van der Waals surface area contributed by atoms with Gasteiger partial charge in [-0.05, 0) is 79.3 Å². The molecule has 0 spiro atoms. The second-order valence-corrected chi connectivity index (χ2v) is 10.2. The van der Waals surface area contributed by atoms with Crippen molar-refractivity contribution in [3.63, 3.8) is 0 Å². The highest BCUT2D eigenvalue weighted by Crippen LogP contribution is 2.40. The number of Topliss-reactive ketones (excluding diaryl/α,β-unsaturated/α-hetero) is 3. The lowest BCUT2D eigenvalue weighted by Crippen LogP contribution is -2.30. The smallest absolute Gasteiger partial charge is 0.337 e. The Bertz CT molecular complexity index is 1130. The van der Waals surface area contributed by atoms with Gasteiger partial charge < -0.3 is 4.74 Å². The van der Waals surface area contributed by atoms with Crippen LogP contribution in [0.2, 0.25) is 0 Å². The van der Waals surface area contributed by atoms with Crippen molar-refractivity contribution < 1.29 is 23.9 Å². The molecule has 5 nitrogen and oxygen atoms in total. The van der Waals surface area contributed by atoms with Crippen molar-refractivity contribution >= 4 is 23.3 Å². The summed E-state index contributed by atoms with van der Waals surface area (Å²) in [6.07, 6.45) is 4.64. The van der Waals surface area contributed by atoms with Crippen LogP contribution in [-0.2, 0) is 20.7 Å². The molecule has 0 saturated carbocycles. The van der Waals surface area contributed by atoms with Gasteiger partial charge in [0.15, 0.2) is 5.78 Å². The van der Waals surface area contributed by atoms with E-state index in [1.54, 1.807) is 12.1 Å². The van der Waals surface area contributed by atoms with Crippen LogP contribution in [0.3, 0.4) is 0 Å². The summed E-state index contributed by atoms with van der Waals surface area (Å²) >= 11 is 0. The molecule has 0 aliphatic heterocycles. The molecule has 0 radical (unpaired) electrons. The molecule has 3 atom stereocenters.